The number of hydrogen-bond donors (Lipinski definition) is 2. The Bertz CT molecular complexity index is 320. The molecule has 0 bridgehead atoms. The number of allylic oxidation sites excluding steroid dienone is 1. The number of benzene rings is 1. The molecule has 0 atom stereocenters. The topological polar surface area (TPSA) is 24.1 Å². The number of thiocarbonyl (C=S) groups is 1. The van der Waals surface area contributed by atoms with Crippen molar-refractivity contribution in [2.24, 2.45) is 0 Å². The van der Waals surface area contributed by atoms with Crippen LogP contribution >= 0.6 is 12.2 Å². The van der Waals surface area contributed by atoms with Crippen LogP contribution in [-0.4, -0.2) is 11.7 Å². The first-order valence-corrected chi connectivity index (χ1v) is 5.40. The van der Waals surface area contributed by atoms with Crippen molar-refractivity contribution < 1.29 is 0 Å². The molecule has 0 fully saturated rings. The predicted molar refractivity (Wildman–Crippen MR) is 68.7 cm³/mol. The number of nitrogens with one attached hydrogen (secondary N) is 2. The molecule has 2 N–H and O–H groups in total. The SMILES string of the molecule is C/C=C/CNC(=S)NCc1ccccc1. The monoisotopic (exact) mass is 220 g/mol. The molecule has 0 aliphatic carbocycles. The van der Waals surface area contributed by atoms with E-state index in [0.717, 1.165) is 13.1 Å². The zero-order valence-electron chi connectivity index (χ0n) is 8.86. The highest BCUT2D eigenvalue weighted by Crippen LogP contribution is 1.96. The van der Waals surface area contributed by atoms with E-state index in [1.807, 2.05) is 37.3 Å². The third kappa shape index (κ3) is 5.18. The lowest BCUT2D eigenvalue weighted by Gasteiger charge is -2.08. The van der Waals surface area contributed by atoms with Gasteiger partial charge in [-0.05, 0) is 24.7 Å². The summed E-state index contributed by atoms with van der Waals surface area (Å²) in [4.78, 5) is 0. The molecule has 80 valence electrons. The first-order chi connectivity index (χ1) is 7.33. The fourth-order valence-electron chi connectivity index (χ4n) is 1.11. The minimum absolute atomic E-state index is 0.692. The van der Waals surface area contributed by atoms with Crippen LogP contribution in [0.15, 0.2) is 42.5 Å². The van der Waals surface area contributed by atoms with Crippen LogP contribution in [-0.2, 0) is 6.54 Å². The predicted octanol–water partition coefficient (Wildman–Crippen LogP) is 2.23. The quantitative estimate of drug-likeness (QED) is 0.601. The molecule has 0 saturated heterocycles. The van der Waals surface area contributed by atoms with E-state index in [4.69, 9.17) is 12.2 Å². The molecule has 0 aromatic heterocycles. The van der Waals surface area contributed by atoms with Crippen LogP contribution in [0.3, 0.4) is 0 Å². The van der Waals surface area contributed by atoms with E-state index < -0.39 is 0 Å². The smallest absolute Gasteiger partial charge is 0.166 e. The van der Waals surface area contributed by atoms with Gasteiger partial charge in [0.05, 0.1) is 0 Å². The molecule has 0 spiro atoms. The Morgan fingerprint density at radius 3 is 2.67 bits per heavy atom. The molecule has 0 unspecified atom stereocenters. The molecule has 3 heteroatoms. The van der Waals surface area contributed by atoms with E-state index in [9.17, 15) is 0 Å². The van der Waals surface area contributed by atoms with Gasteiger partial charge in [0.15, 0.2) is 5.11 Å². The zero-order chi connectivity index (χ0) is 10.9. The first kappa shape index (κ1) is 11.7. The van der Waals surface area contributed by atoms with Crippen LogP contribution in [0.2, 0.25) is 0 Å². The fourth-order valence-corrected chi connectivity index (χ4v) is 1.27. The molecule has 0 heterocycles. The van der Waals surface area contributed by atoms with E-state index >= 15 is 0 Å². The van der Waals surface area contributed by atoms with Crippen LogP contribution in [0.5, 0.6) is 0 Å². The van der Waals surface area contributed by atoms with Crippen LogP contribution in [0, 0.1) is 0 Å². The average Bonchev–Trinajstić information content (AvgIpc) is 2.28. The third-order valence-corrected chi connectivity index (χ3v) is 2.20. The van der Waals surface area contributed by atoms with Crippen LogP contribution in [0.25, 0.3) is 0 Å². The molecule has 0 saturated carbocycles. The second kappa shape index (κ2) is 7.01. The van der Waals surface area contributed by atoms with E-state index in [-0.39, 0.29) is 0 Å². The van der Waals surface area contributed by atoms with Crippen molar-refractivity contribution >= 4 is 17.3 Å². The molecule has 15 heavy (non-hydrogen) atoms. The molecule has 0 aliphatic rings. The lowest BCUT2D eigenvalue weighted by Crippen LogP contribution is -2.34. The van der Waals surface area contributed by atoms with Crippen molar-refractivity contribution in [3.05, 3.63) is 48.0 Å². The van der Waals surface area contributed by atoms with Crippen molar-refractivity contribution in [3.63, 3.8) is 0 Å². The summed E-state index contributed by atoms with van der Waals surface area (Å²) in [5.74, 6) is 0. The van der Waals surface area contributed by atoms with Gasteiger partial charge < -0.3 is 10.6 Å². The van der Waals surface area contributed by atoms with E-state index in [0.29, 0.717) is 5.11 Å². The maximum Gasteiger partial charge on any atom is 0.166 e. The summed E-state index contributed by atoms with van der Waals surface area (Å²) in [7, 11) is 0. The summed E-state index contributed by atoms with van der Waals surface area (Å²) in [6.07, 6.45) is 4.02. The Kier molecular flexibility index (Phi) is 5.48. The van der Waals surface area contributed by atoms with Gasteiger partial charge in [0, 0.05) is 13.1 Å². The lowest BCUT2D eigenvalue weighted by atomic mass is 10.2. The molecule has 2 nitrogen and oxygen atoms in total. The Balaban J connectivity index is 2.23. The van der Waals surface area contributed by atoms with Gasteiger partial charge in [-0.25, -0.2) is 0 Å². The summed E-state index contributed by atoms with van der Waals surface area (Å²) in [6.45, 7) is 3.53. The summed E-state index contributed by atoms with van der Waals surface area (Å²) in [6, 6.07) is 10.2. The van der Waals surface area contributed by atoms with Gasteiger partial charge in [-0.15, -0.1) is 0 Å². The molecular formula is C12H16N2S. The van der Waals surface area contributed by atoms with Crippen LogP contribution < -0.4 is 10.6 Å². The average molecular weight is 220 g/mol. The van der Waals surface area contributed by atoms with Gasteiger partial charge in [0.25, 0.3) is 0 Å². The summed E-state index contributed by atoms with van der Waals surface area (Å²) >= 11 is 5.11. The van der Waals surface area contributed by atoms with Crippen LogP contribution in [0.4, 0.5) is 0 Å². The fraction of sp³-hybridized carbons (Fsp3) is 0.250. The van der Waals surface area contributed by atoms with Gasteiger partial charge in [-0.1, -0.05) is 42.5 Å². The van der Waals surface area contributed by atoms with Gasteiger partial charge >= 0.3 is 0 Å². The summed E-state index contributed by atoms with van der Waals surface area (Å²) in [5, 5.41) is 6.92. The molecule has 1 aromatic rings. The van der Waals surface area contributed by atoms with Crippen LogP contribution in [0.1, 0.15) is 12.5 Å². The van der Waals surface area contributed by atoms with Crippen molar-refractivity contribution in [2.75, 3.05) is 6.54 Å². The number of rotatable bonds is 4. The van der Waals surface area contributed by atoms with Gasteiger partial charge in [-0.2, -0.15) is 0 Å². The highest BCUT2D eigenvalue weighted by atomic mass is 32.1. The standard InChI is InChI=1S/C12H16N2S/c1-2-3-9-13-12(15)14-10-11-7-5-4-6-8-11/h2-8H,9-10H2,1H3,(H2,13,14,15)/b3-2+. The molecular weight excluding hydrogens is 204 g/mol. The molecule has 0 aliphatic heterocycles. The summed E-state index contributed by atoms with van der Waals surface area (Å²) in [5.41, 5.74) is 1.23. The molecule has 0 radical (unpaired) electrons. The van der Waals surface area contributed by atoms with E-state index in [2.05, 4.69) is 22.8 Å². The Labute approximate surface area is 96.4 Å². The zero-order valence-corrected chi connectivity index (χ0v) is 9.68. The van der Waals surface area contributed by atoms with Gasteiger partial charge in [0.1, 0.15) is 0 Å². The normalized spacial score (nSPS) is 10.2. The maximum atomic E-state index is 5.11. The molecule has 0 amide bonds. The first-order valence-electron chi connectivity index (χ1n) is 4.99. The third-order valence-electron chi connectivity index (χ3n) is 1.91. The summed E-state index contributed by atoms with van der Waals surface area (Å²) < 4.78 is 0. The molecule has 1 rings (SSSR count). The Hall–Kier alpha value is -1.35. The highest BCUT2D eigenvalue weighted by molar-refractivity contribution is 7.80. The Morgan fingerprint density at radius 2 is 2.00 bits per heavy atom. The lowest BCUT2D eigenvalue weighted by molar-refractivity contribution is 0.872. The second-order valence-corrected chi connectivity index (χ2v) is 3.53. The minimum atomic E-state index is 0.692. The van der Waals surface area contributed by atoms with E-state index in [1.165, 1.54) is 5.56 Å². The van der Waals surface area contributed by atoms with E-state index in [1.54, 1.807) is 0 Å². The van der Waals surface area contributed by atoms with Crippen molar-refractivity contribution in [2.45, 2.75) is 13.5 Å². The number of hydrogen-bond acceptors (Lipinski definition) is 1. The van der Waals surface area contributed by atoms with Gasteiger partial charge in [-0.3, -0.25) is 0 Å². The highest BCUT2D eigenvalue weighted by Gasteiger charge is 1.93. The maximum absolute atomic E-state index is 5.11. The largest absolute Gasteiger partial charge is 0.359 e. The molecule has 1 aromatic carbocycles. The van der Waals surface area contributed by atoms with Crippen molar-refractivity contribution in [1.29, 1.82) is 0 Å². The van der Waals surface area contributed by atoms with Gasteiger partial charge in [0.2, 0.25) is 0 Å². The minimum Gasteiger partial charge on any atom is -0.359 e. The Morgan fingerprint density at radius 1 is 1.27 bits per heavy atom. The second-order valence-electron chi connectivity index (χ2n) is 3.12. The van der Waals surface area contributed by atoms with Crippen molar-refractivity contribution in [3.8, 4) is 0 Å². The van der Waals surface area contributed by atoms with Crippen molar-refractivity contribution in [1.82, 2.24) is 10.6 Å².